The molecule has 0 saturated carbocycles. The van der Waals surface area contributed by atoms with Gasteiger partial charge in [0.25, 0.3) is 0 Å². The predicted octanol–water partition coefficient (Wildman–Crippen LogP) is 1.28. The van der Waals surface area contributed by atoms with Crippen LogP contribution in [0.4, 0.5) is 0 Å². The summed E-state index contributed by atoms with van der Waals surface area (Å²) in [6.07, 6.45) is 1.31. The molecule has 1 rings (SSSR count). The monoisotopic (exact) mass is 202 g/mol. The lowest BCUT2D eigenvalue weighted by molar-refractivity contribution is 0.0268. The van der Waals surface area contributed by atoms with Crippen molar-refractivity contribution in [3.05, 3.63) is 17.5 Å². The summed E-state index contributed by atoms with van der Waals surface area (Å²) in [6.45, 7) is 3.46. The predicted molar refractivity (Wildman–Crippen MR) is 48.8 cm³/mol. The van der Waals surface area contributed by atoms with E-state index in [1.54, 1.807) is 13.8 Å². The van der Waals surface area contributed by atoms with Gasteiger partial charge >= 0.3 is 0 Å². The Morgan fingerprint density at radius 3 is 2.77 bits per heavy atom. The van der Waals surface area contributed by atoms with E-state index in [9.17, 15) is 5.11 Å². The normalized spacial score (nSPS) is 11.4. The maximum absolute atomic E-state index is 9.35. The second kappa shape index (κ2) is 3.89. The van der Waals surface area contributed by atoms with Crippen molar-refractivity contribution in [1.82, 2.24) is 9.97 Å². The molecule has 0 bridgehead atoms. The minimum atomic E-state index is -0.878. The molecule has 1 aromatic rings. The van der Waals surface area contributed by atoms with E-state index in [1.807, 2.05) is 0 Å². The Morgan fingerprint density at radius 1 is 1.54 bits per heavy atom. The average molecular weight is 203 g/mol. The summed E-state index contributed by atoms with van der Waals surface area (Å²) in [4.78, 5) is 7.51. The summed E-state index contributed by atoms with van der Waals surface area (Å²) >= 11 is 5.60. The van der Waals surface area contributed by atoms with Gasteiger partial charge in [-0.25, -0.2) is 9.97 Å². The molecule has 0 fully saturated rings. The van der Waals surface area contributed by atoms with Gasteiger partial charge < -0.3 is 9.84 Å². The molecule has 0 saturated heterocycles. The highest BCUT2D eigenvalue weighted by Crippen LogP contribution is 2.12. The van der Waals surface area contributed by atoms with Crippen molar-refractivity contribution in [1.29, 1.82) is 0 Å². The van der Waals surface area contributed by atoms with Gasteiger partial charge in [0.05, 0.1) is 5.60 Å². The van der Waals surface area contributed by atoms with Crippen LogP contribution in [0.15, 0.2) is 12.4 Å². The second-order valence-electron chi connectivity index (χ2n) is 3.28. The number of nitrogens with zero attached hydrogens (tertiary/aromatic N) is 2. The molecule has 0 aliphatic heterocycles. The molecule has 0 atom stereocenters. The molecule has 0 amide bonds. The zero-order valence-corrected chi connectivity index (χ0v) is 8.25. The molecule has 0 aliphatic carbocycles. The van der Waals surface area contributed by atoms with E-state index < -0.39 is 5.60 Å². The average Bonchev–Trinajstić information content (AvgIpc) is 2.00. The summed E-state index contributed by atoms with van der Waals surface area (Å²) in [7, 11) is 0. The highest BCUT2D eigenvalue weighted by molar-refractivity contribution is 6.29. The van der Waals surface area contributed by atoms with Crippen LogP contribution in [-0.2, 0) is 0 Å². The smallest absolute Gasteiger partial charge is 0.217 e. The third-order valence-corrected chi connectivity index (χ3v) is 1.39. The quantitative estimate of drug-likeness (QED) is 0.751. The summed E-state index contributed by atoms with van der Waals surface area (Å²) in [5.41, 5.74) is -0.878. The lowest BCUT2D eigenvalue weighted by atomic mass is 10.2. The summed E-state index contributed by atoms with van der Waals surface area (Å²) < 4.78 is 5.17. The highest BCUT2D eigenvalue weighted by Gasteiger charge is 2.13. The third kappa shape index (κ3) is 4.05. The number of ether oxygens (including phenoxy) is 1. The van der Waals surface area contributed by atoms with Crippen LogP contribution in [0.2, 0.25) is 5.15 Å². The molecule has 72 valence electrons. The van der Waals surface area contributed by atoms with Crippen molar-refractivity contribution >= 4 is 11.6 Å². The first-order chi connectivity index (χ1) is 5.97. The first kappa shape index (κ1) is 10.2. The lowest BCUT2D eigenvalue weighted by Crippen LogP contribution is -2.28. The number of hydrogen-bond donors (Lipinski definition) is 1. The second-order valence-corrected chi connectivity index (χ2v) is 3.67. The van der Waals surface area contributed by atoms with Gasteiger partial charge in [-0.3, -0.25) is 0 Å². The molecular weight excluding hydrogens is 192 g/mol. The largest absolute Gasteiger partial charge is 0.475 e. The molecular formula is C8H11ClN2O2. The molecule has 5 heteroatoms. The molecule has 0 spiro atoms. The summed E-state index contributed by atoms with van der Waals surface area (Å²) in [5, 5.41) is 9.67. The van der Waals surface area contributed by atoms with Crippen LogP contribution in [0.5, 0.6) is 5.88 Å². The van der Waals surface area contributed by atoms with Crippen LogP contribution >= 0.6 is 11.6 Å². The van der Waals surface area contributed by atoms with Crippen molar-refractivity contribution in [2.45, 2.75) is 19.4 Å². The van der Waals surface area contributed by atoms with Crippen LogP contribution in [0.25, 0.3) is 0 Å². The van der Waals surface area contributed by atoms with E-state index in [2.05, 4.69) is 9.97 Å². The first-order valence-electron chi connectivity index (χ1n) is 3.80. The van der Waals surface area contributed by atoms with Crippen LogP contribution in [-0.4, -0.2) is 27.3 Å². The number of hydrogen-bond acceptors (Lipinski definition) is 4. The Hall–Kier alpha value is -0.870. The fourth-order valence-electron chi connectivity index (χ4n) is 0.647. The van der Waals surface area contributed by atoms with Crippen molar-refractivity contribution in [2.75, 3.05) is 6.61 Å². The zero-order chi connectivity index (χ0) is 9.90. The Bertz CT molecular complexity index is 286. The van der Waals surface area contributed by atoms with Gasteiger partial charge in [0.1, 0.15) is 18.1 Å². The van der Waals surface area contributed by atoms with Crippen molar-refractivity contribution in [3.8, 4) is 5.88 Å². The molecule has 4 nitrogen and oxygen atoms in total. The Kier molecular flexibility index (Phi) is 3.06. The van der Waals surface area contributed by atoms with Gasteiger partial charge in [-0.15, -0.1) is 0 Å². The minimum absolute atomic E-state index is 0.167. The molecule has 0 aliphatic rings. The van der Waals surface area contributed by atoms with Crippen LogP contribution < -0.4 is 4.74 Å². The zero-order valence-electron chi connectivity index (χ0n) is 7.49. The molecule has 0 aromatic carbocycles. The van der Waals surface area contributed by atoms with E-state index >= 15 is 0 Å². The molecule has 13 heavy (non-hydrogen) atoms. The fraction of sp³-hybridized carbons (Fsp3) is 0.500. The van der Waals surface area contributed by atoms with Crippen LogP contribution in [0, 0.1) is 0 Å². The van der Waals surface area contributed by atoms with E-state index in [4.69, 9.17) is 16.3 Å². The first-order valence-corrected chi connectivity index (χ1v) is 4.18. The minimum Gasteiger partial charge on any atom is -0.475 e. The molecule has 1 heterocycles. The summed E-state index contributed by atoms with van der Waals surface area (Å²) in [6, 6.07) is 1.49. The van der Waals surface area contributed by atoms with E-state index in [-0.39, 0.29) is 6.61 Å². The van der Waals surface area contributed by atoms with Crippen LogP contribution in [0.3, 0.4) is 0 Å². The Morgan fingerprint density at radius 2 is 2.23 bits per heavy atom. The fourth-order valence-corrected chi connectivity index (χ4v) is 0.784. The standard InChI is InChI=1S/C8H11ClN2O2/c1-8(2,12)4-13-7-3-6(9)10-5-11-7/h3,5,12H,4H2,1-2H3. The van der Waals surface area contributed by atoms with Gasteiger partial charge in [0.2, 0.25) is 5.88 Å². The van der Waals surface area contributed by atoms with Gasteiger partial charge in [0, 0.05) is 6.07 Å². The van der Waals surface area contributed by atoms with Gasteiger partial charge in [0.15, 0.2) is 0 Å². The van der Waals surface area contributed by atoms with Crippen molar-refractivity contribution in [3.63, 3.8) is 0 Å². The Balaban J connectivity index is 2.55. The topological polar surface area (TPSA) is 55.2 Å². The maximum Gasteiger partial charge on any atom is 0.217 e. The van der Waals surface area contributed by atoms with Gasteiger partial charge in [-0.1, -0.05) is 11.6 Å². The van der Waals surface area contributed by atoms with Crippen LogP contribution in [0.1, 0.15) is 13.8 Å². The third-order valence-electron chi connectivity index (χ3n) is 1.18. The number of rotatable bonds is 3. The van der Waals surface area contributed by atoms with E-state index in [0.717, 1.165) is 0 Å². The SMILES string of the molecule is CC(C)(O)COc1cc(Cl)ncn1. The maximum atomic E-state index is 9.35. The van der Waals surface area contributed by atoms with E-state index in [1.165, 1.54) is 12.4 Å². The lowest BCUT2D eigenvalue weighted by Gasteiger charge is -2.16. The molecule has 1 aromatic heterocycles. The van der Waals surface area contributed by atoms with Gasteiger partial charge in [-0.2, -0.15) is 0 Å². The number of halogens is 1. The summed E-state index contributed by atoms with van der Waals surface area (Å²) in [5.74, 6) is 0.363. The Labute approximate surface area is 81.5 Å². The van der Waals surface area contributed by atoms with Crippen molar-refractivity contribution < 1.29 is 9.84 Å². The number of aromatic nitrogens is 2. The molecule has 0 unspecified atom stereocenters. The highest BCUT2D eigenvalue weighted by atomic mass is 35.5. The van der Waals surface area contributed by atoms with Crippen molar-refractivity contribution in [2.24, 2.45) is 0 Å². The number of aliphatic hydroxyl groups is 1. The van der Waals surface area contributed by atoms with Gasteiger partial charge in [-0.05, 0) is 13.8 Å². The van der Waals surface area contributed by atoms with E-state index in [0.29, 0.717) is 11.0 Å². The molecule has 0 radical (unpaired) electrons. The molecule has 1 N–H and O–H groups in total.